The average Bonchev–Trinajstić information content (AvgIpc) is 2.89. The van der Waals surface area contributed by atoms with Gasteiger partial charge in [0.05, 0.1) is 5.69 Å². The van der Waals surface area contributed by atoms with E-state index < -0.39 is 0 Å². The van der Waals surface area contributed by atoms with E-state index in [9.17, 15) is 0 Å². The van der Waals surface area contributed by atoms with E-state index in [-0.39, 0.29) is 0 Å². The molecule has 0 unspecified atom stereocenters. The highest BCUT2D eigenvalue weighted by atomic mass is 16.6. The number of aromatic nitrogens is 2. The maximum absolute atomic E-state index is 5.71. The highest BCUT2D eigenvalue weighted by Gasteiger charge is 2.15. The second kappa shape index (κ2) is 8.82. The molecule has 0 radical (unpaired) electrons. The number of hydrogen-bond donors (Lipinski definition) is 2. The lowest BCUT2D eigenvalue weighted by Gasteiger charge is -2.20. The lowest BCUT2D eigenvalue weighted by atomic mass is 10.1. The van der Waals surface area contributed by atoms with Crippen LogP contribution in [0.5, 0.6) is 23.0 Å². The number of benzene rings is 3. The zero-order valence-electron chi connectivity index (χ0n) is 18.3. The van der Waals surface area contributed by atoms with E-state index in [1.54, 1.807) is 0 Å². The summed E-state index contributed by atoms with van der Waals surface area (Å²) in [7, 11) is 0. The van der Waals surface area contributed by atoms with Gasteiger partial charge in [0, 0.05) is 35.1 Å². The maximum atomic E-state index is 5.71. The van der Waals surface area contributed by atoms with E-state index in [1.165, 1.54) is 0 Å². The Morgan fingerprint density at radius 2 is 1.15 bits per heavy atom. The molecule has 2 aliphatic rings. The number of ether oxygens (including phenoxy) is 4. The molecular weight excluding hydrogens is 432 g/mol. The molecule has 8 nitrogen and oxygen atoms in total. The Morgan fingerprint density at radius 3 is 1.79 bits per heavy atom. The van der Waals surface area contributed by atoms with Gasteiger partial charge in [-0.05, 0) is 24.3 Å². The highest BCUT2D eigenvalue weighted by molar-refractivity contribution is 5.70. The summed E-state index contributed by atoms with van der Waals surface area (Å²) in [6.07, 6.45) is 0. The van der Waals surface area contributed by atoms with Crippen LogP contribution in [0, 0.1) is 0 Å². The maximum Gasteiger partial charge on any atom is 0.229 e. The molecule has 0 atom stereocenters. The first-order valence-corrected chi connectivity index (χ1v) is 11.1. The fraction of sp³-hybridized carbons (Fsp3) is 0.154. The molecule has 0 saturated carbocycles. The molecule has 8 heteroatoms. The number of hydrogen-bond acceptors (Lipinski definition) is 8. The number of anilines is 4. The van der Waals surface area contributed by atoms with Crippen LogP contribution in [0.4, 0.5) is 23.1 Å². The Hall–Kier alpha value is -4.46. The molecule has 0 saturated heterocycles. The van der Waals surface area contributed by atoms with Crippen LogP contribution in [0.1, 0.15) is 0 Å². The van der Waals surface area contributed by atoms with Crippen LogP contribution in [0.2, 0.25) is 0 Å². The van der Waals surface area contributed by atoms with Crippen molar-refractivity contribution in [1.82, 2.24) is 9.97 Å². The third-order valence-electron chi connectivity index (χ3n) is 5.41. The second-order valence-electron chi connectivity index (χ2n) is 7.79. The molecule has 3 heterocycles. The molecular formula is C26H22N4O4. The molecule has 2 N–H and O–H groups in total. The van der Waals surface area contributed by atoms with Gasteiger partial charge in [0.15, 0.2) is 23.0 Å². The summed E-state index contributed by atoms with van der Waals surface area (Å²) < 4.78 is 22.7. The third kappa shape index (κ3) is 4.25. The van der Waals surface area contributed by atoms with E-state index >= 15 is 0 Å². The van der Waals surface area contributed by atoms with Crippen LogP contribution < -0.4 is 29.6 Å². The molecule has 4 aromatic rings. The molecule has 34 heavy (non-hydrogen) atoms. The summed E-state index contributed by atoms with van der Waals surface area (Å²) in [4.78, 5) is 9.44. The fourth-order valence-corrected chi connectivity index (χ4v) is 3.84. The predicted molar refractivity (Wildman–Crippen MR) is 129 cm³/mol. The minimum absolute atomic E-state index is 0.457. The van der Waals surface area contributed by atoms with Crippen LogP contribution in [0.25, 0.3) is 11.3 Å². The number of nitrogens with one attached hydrogen (secondary N) is 2. The van der Waals surface area contributed by atoms with Gasteiger partial charge in [0.1, 0.15) is 32.2 Å². The summed E-state index contributed by atoms with van der Waals surface area (Å²) in [5.41, 5.74) is 3.42. The first-order chi connectivity index (χ1) is 16.8. The van der Waals surface area contributed by atoms with Crippen LogP contribution >= 0.6 is 0 Å². The summed E-state index contributed by atoms with van der Waals surface area (Å²) in [5.74, 6) is 3.99. The molecule has 0 aliphatic carbocycles. The Labute approximate surface area is 196 Å². The average molecular weight is 454 g/mol. The first kappa shape index (κ1) is 20.2. The number of fused-ring (bicyclic) bond motifs is 2. The van der Waals surface area contributed by atoms with E-state index in [0.717, 1.165) is 34.1 Å². The van der Waals surface area contributed by atoms with Crippen LogP contribution in [0.3, 0.4) is 0 Å². The molecule has 0 bridgehead atoms. The van der Waals surface area contributed by atoms with E-state index in [4.69, 9.17) is 28.9 Å². The SMILES string of the molecule is c1ccc(-c2cc(Nc3ccc4c(c3)OCCO4)nc(Nc3ccc4c(c3)OCCO4)n2)cc1. The van der Waals surface area contributed by atoms with Gasteiger partial charge >= 0.3 is 0 Å². The zero-order valence-corrected chi connectivity index (χ0v) is 18.3. The van der Waals surface area contributed by atoms with Crippen LogP contribution in [-0.2, 0) is 0 Å². The summed E-state index contributed by atoms with van der Waals surface area (Å²) in [5, 5.41) is 6.67. The highest BCUT2D eigenvalue weighted by Crippen LogP contribution is 2.35. The quantitative estimate of drug-likeness (QED) is 0.427. The lowest BCUT2D eigenvalue weighted by molar-refractivity contribution is 0.171. The van der Waals surface area contributed by atoms with E-state index in [2.05, 4.69) is 10.6 Å². The van der Waals surface area contributed by atoms with E-state index in [1.807, 2.05) is 72.8 Å². The van der Waals surface area contributed by atoms with Gasteiger partial charge < -0.3 is 29.6 Å². The Balaban J connectivity index is 1.33. The molecule has 0 amide bonds. The fourth-order valence-electron chi connectivity index (χ4n) is 3.84. The van der Waals surface area contributed by atoms with Gasteiger partial charge in [-0.15, -0.1) is 0 Å². The molecule has 1 aromatic heterocycles. The molecule has 6 rings (SSSR count). The minimum Gasteiger partial charge on any atom is -0.486 e. The van der Waals surface area contributed by atoms with Gasteiger partial charge in [0.2, 0.25) is 5.95 Å². The molecule has 170 valence electrons. The third-order valence-corrected chi connectivity index (χ3v) is 5.41. The lowest BCUT2D eigenvalue weighted by Crippen LogP contribution is -2.15. The number of rotatable bonds is 5. The van der Waals surface area contributed by atoms with Crippen molar-refractivity contribution in [2.75, 3.05) is 37.1 Å². The predicted octanol–water partition coefficient (Wildman–Crippen LogP) is 5.17. The van der Waals surface area contributed by atoms with Crippen molar-refractivity contribution in [1.29, 1.82) is 0 Å². The zero-order chi connectivity index (χ0) is 22.7. The van der Waals surface area contributed by atoms with Gasteiger partial charge in [-0.2, -0.15) is 4.98 Å². The Morgan fingerprint density at radius 1 is 0.559 bits per heavy atom. The normalized spacial score (nSPS) is 13.8. The van der Waals surface area contributed by atoms with Gasteiger partial charge in [-0.3, -0.25) is 0 Å². The largest absolute Gasteiger partial charge is 0.486 e. The Bertz CT molecular complexity index is 1250. The first-order valence-electron chi connectivity index (χ1n) is 11.1. The summed E-state index contributed by atoms with van der Waals surface area (Å²) in [6.45, 7) is 2.17. The standard InChI is InChI=1S/C26H22N4O4/c1-2-4-17(5-3-1)20-16-25(27-18-6-8-21-23(14-18)33-12-10-31-21)30-26(29-20)28-19-7-9-22-24(15-19)34-13-11-32-22/h1-9,14-16H,10-13H2,(H2,27,28,29,30). The number of nitrogens with zero attached hydrogens (tertiary/aromatic N) is 2. The van der Waals surface area contributed by atoms with Crippen molar-refractivity contribution < 1.29 is 18.9 Å². The Kier molecular flexibility index (Phi) is 5.23. The van der Waals surface area contributed by atoms with Crippen molar-refractivity contribution >= 4 is 23.1 Å². The van der Waals surface area contributed by atoms with Crippen molar-refractivity contribution in [3.05, 3.63) is 72.8 Å². The minimum atomic E-state index is 0.457. The molecule has 0 spiro atoms. The summed E-state index contributed by atoms with van der Waals surface area (Å²) >= 11 is 0. The smallest absolute Gasteiger partial charge is 0.229 e. The monoisotopic (exact) mass is 454 g/mol. The van der Waals surface area contributed by atoms with Gasteiger partial charge in [0.25, 0.3) is 0 Å². The second-order valence-corrected chi connectivity index (χ2v) is 7.79. The molecule has 3 aromatic carbocycles. The van der Waals surface area contributed by atoms with Crippen molar-refractivity contribution in [3.8, 4) is 34.3 Å². The van der Waals surface area contributed by atoms with Crippen molar-refractivity contribution in [3.63, 3.8) is 0 Å². The van der Waals surface area contributed by atoms with Crippen molar-refractivity contribution in [2.24, 2.45) is 0 Å². The van der Waals surface area contributed by atoms with Gasteiger partial charge in [-0.25, -0.2) is 4.98 Å². The van der Waals surface area contributed by atoms with Crippen molar-refractivity contribution in [2.45, 2.75) is 0 Å². The molecule has 2 aliphatic heterocycles. The topological polar surface area (TPSA) is 86.8 Å². The van der Waals surface area contributed by atoms with Crippen LogP contribution in [0.15, 0.2) is 72.8 Å². The van der Waals surface area contributed by atoms with Crippen LogP contribution in [-0.4, -0.2) is 36.4 Å². The molecule has 0 fully saturated rings. The van der Waals surface area contributed by atoms with E-state index in [0.29, 0.717) is 49.7 Å². The summed E-state index contributed by atoms with van der Waals surface area (Å²) in [6, 6.07) is 23.3. The van der Waals surface area contributed by atoms with Gasteiger partial charge in [-0.1, -0.05) is 30.3 Å².